The molecule has 8 heteroatoms. The SMILES string of the molecule is COc1ccc(C)cc1NC(=O)C(=O)NCC1CCN(C(=O)N(C)C)CC1. The number of carbonyl (C=O) groups is 3. The van der Waals surface area contributed by atoms with Crippen LogP contribution in [-0.2, 0) is 9.59 Å². The summed E-state index contributed by atoms with van der Waals surface area (Å²) in [4.78, 5) is 39.5. The summed E-state index contributed by atoms with van der Waals surface area (Å²) >= 11 is 0. The van der Waals surface area contributed by atoms with Crippen LogP contribution >= 0.6 is 0 Å². The number of piperidine rings is 1. The molecule has 0 bridgehead atoms. The van der Waals surface area contributed by atoms with Crippen LogP contribution in [-0.4, -0.2) is 68.5 Å². The maximum atomic E-state index is 12.1. The minimum absolute atomic E-state index is 0.00367. The number of hydrogen-bond acceptors (Lipinski definition) is 4. The molecule has 0 atom stereocenters. The summed E-state index contributed by atoms with van der Waals surface area (Å²) in [6.07, 6.45) is 1.60. The maximum absolute atomic E-state index is 12.1. The first kappa shape index (κ1) is 20.5. The lowest BCUT2D eigenvalue weighted by Crippen LogP contribution is -2.46. The quantitative estimate of drug-likeness (QED) is 0.778. The molecule has 2 N–H and O–H groups in total. The van der Waals surface area contributed by atoms with Gasteiger partial charge in [-0.3, -0.25) is 9.59 Å². The van der Waals surface area contributed by atoms with Crippen LogP contribution in [0, 0.1) is 12.8 Å². The summed E-state index contributed by atoms with van der Waals surface area (Å²) in [6.45, 7) is 3.62. The molecule has 2 rings (SSSR count). The van der Waals surface area contributed by atoms with Crippen LogP contribution in [0.5, 0.6) is 5.75 Å². The Balaban J connectivity index is 1.80. The largest absolute Gasteiger partial charge is 0.495 e. The van der Waals surface area contributed by atoms with Gasteiger partial charge in [-0.15, -0.1) is 0 Å². The Labute approximate surface area is 159 Å². The number of anilines is 1. The van der Waals surface area contributed by atoms with Gasteiger partial charge < -0.3 is 25.2 Å². The first-order valence-corrected chi connectivity index (χ1v) is 9.02. The highest BCUT2D eigenvalue weighted by molar-refractivity contribution is 6.39. The monoisotopic (exact) mass is 376 g/mol. The zero-order valence-electron chi connectivity index (χ0n) is 16.4. The van der Waals surface area contributed by atoms with E-state index in [0.29, 0.717) is 31.1 Å². The molecular formula is C19H28N4O4. The number of aryl methyl sites for hydroxylation is 1. The van der Waals surface area contributed by atoms with Crippen LogP contribution in [0.3, 0.4) is 0 Å². The smallest absolute Gasteiger partial charge is 0.319 e. The molecule has 8 nitrogen and oxygen atoms in total. The van der Waals surface area contributed by atoms with Gasteiger partial charge in [-0.1, -0.05) is 6.07 Å². The summed E-state index contributed by atoms with van der Waals surface area (Å²) < 4.78 is 5.20. The molecule has 0 radical (unpaired) electrons. The highest BCUT2D eigenvalue weighted by Crippen LogP contribution is 2.25. The van der Waals surface area contributed by atoms with Gasteiger partial charge in [-0.25, -0.2) is 4.79 Å². The molecule has 1 aromatic rings. The van der Waals surface area contributed by atoms with Gasteiger partial charge in [0.1, 0.15) is 5.75 Å². The number of rotatable bonds is 4. The van der Waals surface area contributed by atoms with Gasteiger partial charge in [0.15, 0.2) is 0 Å². The van der Waals surface area contributed by atoms with E-state index in [9.17, 15) is 14.4 Å². The summed E-state index contributed by atoms with van der Waals surface area (Å²) in [6, 6.07) is 5.36. The average molecular weight is 376 g/mol. The molecule has 0 aromatic heterocycles. The Morgan fingerprint density at radius 2 is 1.85 bits per heavy atom. The second kappa shape index (κ2) is 9.25. The van der Waals surface area contributed by atoms with Gasteiger partial charge in [0.2, 0.25) is 0 Å². The van der Waals surface area contributed by atoms with E-state index in [-0.39, 0.29) is 11.9 Å². The molecule has 1 aromatic carbocycles. The molecule has 27 heavy (non-hydrogen) atoms. The van der Waals surface area contributed by atoms with Crippen molar-refractivity contribution in [3.8, 4) is 5.75 Å². The maximum Gasteiger partial charge on any atom is 0.319 e. The number of nitrogens with one attached hydrogen (secondary N) is 2. The van der Waals surface area contributed by atoms with Crippen molar-refractivity contribution in [2.45, 2.75) is 19.8 Å². The minimum Gasteiger partial charge on any atom is -0.495 e. The van der Waals surface area contributed by atoms with Crippen LogP contribution in [0.15, 0.2) is 18.2 Å². The van der Waals surface area contributed by atoms with Gasteiger partial charge in [0, 0.05) is 33.7 Å². The van der Waals surface area contributed by atoms with E-state index in [4.69, 9.17) is 4.74 Å². The van der Waals surface area contributed by atoms with Crippen molar-refractivity contribution in [3.05, 3.63) is 23.8 Å². The van der Waals surface area contributed by atoms with Crippen molar-refractivity contribution in [2.24, 2.45) is 5.92 Å². The normalized spacial score (nSPS) is 14.4. The average Bonchev–Trinajstić information content (AvgIpc) is 2.66. The Morgan fingerprint density at radius 3 is 2.44 bits per heavy atom. The van der Waals surface area contributed by atoms with E-state index in [1.165, 1.54) is 7.11 Å². The van der Waals surface area contributed by atoms with Gasteiger partial charge in [0.05, 0.1) is 12.8 Å². The van der Waals surface area contributed by atoms with Gasteiger partial charge >= 0.3 is 17.8 Å². The predicted octanol–water partition coefficient (Wildman–Crippen LogP) is 1.45. The number of nitrogens with zero attached hydrogens (tertiary/aromatic N) is 2. The first-order valence-electron chi connectivity index (χ1n) is 9.02. The molecule has 1 aliphatic rings. The van der Waals surface area contributed by atoms with Crippen LogP contribution in [0.25, 0.3) is 0 Å². The van der Waals surface area contributed by atoms with E-state index in [1.54, 1.807) is 36.0 Å². The van der Waals surface area contributed by atoms with E-state index in [2.05, 4.69) is 10.6 Å². The molecule has 1 heterocycles. The van der Waals surface area contributed by atoms with Crippen molar-refractivity contribution in [1.82, 2.24) is 15.1 Å². The lowest BCUT2D eigenvalue weighted by molar-refractivity contribution is -0.136. The van der Waals surface area contributed by atoms with Crippen molar-refractivity contribution in [1.29, 1.82) is 0 Å². The summed E-state index contributed by atoms with van der Waals surface area (Å²) in [5.41, 5.74) is 1.42. The van der Waals surface area contributed by atoms with E-state index in [0.717, 1.165) is 18.4 Å². The lowest BCUT2D eigenvalue weighted by Gasteiger charge is -2.33. The zero-order chi connectivity index (χ0) is 20.0. The van der Waals surface area contributed by atoms with Gasteiger partial charge in [0.25, 0.3) is 0 Å². The third kappa shape index (κ3) is 5.60. The molecule has 1 aliphatic heterocycles. The van der Waals surface area contributed by atoms with Crippen molar-refractivity contribution < 1.29 is 19.1 Å². The molecule has 4 amide bonds. The Kier molecular flexibility index (Phi) is 7.04. The highest BCUT2D eigenvalue weighted by Gasteiger charge is 2.25. The molecule has 0 aliphatic carbocycles. The number of amides is 4. The van der Waals surface area contributed by atoms with E-state index < -0.39 is 11.8 Å². The first-order chi connectivity index (χ1) is 12.8. The third-order valence-electron chi connectivity index (χ3n) is 4.63. The number of benzene rings is 1. The summed E-state index contributed by atoms with van der Waals surface area (Å²) in [7, 11) is 4.97. The van der Waals surface area contributed by atoms with Crippen LogP contribution < -0.4 is 15.4 Å². The number of carbonyl (C=O) groups excluding carboxylic acids is 3. The topological polar surface area (TPSA) is 91.0 Å². The second-order valence-corrected chi connectivity index (χ2v) is 6.98. The number of ether oxygens (including phenoxy) is 1. The van der Waals surface area contributed by atoms with Gasteiger partial charge in [-0.2, -0.15) is 0 Å². The van der Waals surface area contributed by atoms with Crippen LogP contribution in [0.2, 0.25) is 0 Å². The molecule has 0 saturated carbocycles. The fourth-order valence-electron chi connectivity index (χ4n) is 3.03. The highest BCUT2D eigenvalue weighted by atomic mass is 16.5. The molecule has 1 fully saturated rings. The zero-order valence-corrected chi connectivity index (χ0v) is 16.4. The van der Waals surface area contributed by atoms with Crippen molar-refractivity contribution in [2.75, 3.05) is 46.2 Å². The number of urea groups is 1. The number of likely N-dealkylation sites (tertiary alicyclic amines) is 1. The standard InChI is InChI=1S/C19H28N4O4/c1-13-5-6-16(27-4)15(11-13)21-18(25)17(24)20-12-14-7-9-23(10-8-14)19(26)22(2)3/h5-6,11,14H,7-10,12H2,1-4H3,(H,20,24)(H,21,25). The van der Waals surface area contributed by atoms with Crippen LogP contribution in [0.4, 0.5) is 10.5 Å². The van der Waals surface area contributed by atoms with Crippen molar-refractivity contribution in [3.63, 3.8) is 0 Å². The summed E-state index contributed by atoms with van der Waals surface area (Å²) in [5.74, 6) is -0.648. The molecule has 148 valence electrons. The fourth-order valence-corrected chi connectivity index (χ4v) is 3.03. The van der Waals surface area contributed by atoms with E-state index in [1.807, 2.05) is 13.0 Å². The fraction of sp³-hybridized carbons (Fsp3) is 0.526. The number of hydrogen-bond donors (Lipinski definition) is 2. The Morgan fingerprint density at radius 1 is 1.19 bits per heavy atom. The Hall–Kier alpha value is -2.77. The van der Waals surface area contributed by atoms with E-state index >= 15 is 0 Å². The van der Waals surface area contributed by atoms with Gasteiger partial charge in [-0.05, 0) is 43.4 Å². The summed E-state index contributed by atoms with van der Waals surface area (Å²) in [5, 5.41) is 5.28. The third-order valence-corrected chi connectivity index (χ3v) is 4.63. The number of methoxy groups -OCH3 is 1. The molecule has 1 saturated heterocycles. The Bertz CT molecular complexity index is 697. The van der Waals surface area contributed by atoms with Crippen molar-refractivity contribution >= 4 is 23.5 Å². The molecule has 0 spiro atoms. The molecular weight excluding hydrogens is 348 g/mol. The predicted molar refractivity (Wildman–Crippen MR) is 103 cm³/mol. The second-order valence-electron chi connectivity index (χ2n) is 6.98. The lowest BCUT2D eigenvalue weighted by atomic mass is 9.97. The molecule has 0 unspecified atom stereocenters. The van der Waals surface area contributed by atoms with Crippen LogP contribution in [0.1, 0.15) is 18.4 Å². The minimum atomic E-state index is -0.723.